The Morgan fingerprint density at radius 1 is 1.28 bits per heavy atom. The standard InChI is InChI=1S/C15H19N5O3S2/c1-8(2)11(12(21)18-13(16)22)24-15-20-19-14(25-15)17-9-6-4-5-7-10(9)23-3/h4-8,11H,1-3H3,(H,17,19)(H3,16,18,21,22)/t11-/m0/s1. The number of thioether (sulfide) groups is 1. The van der Waals surface area contributed by atoms with Gasteiger partial charge in [0.15, 0.2) is 4.34 Å². The van der Waals surface area contributed by atoms with Gasteiger partial charge in [0.2, 0.25) is 11.0 Å². The summed E-state index contributed by atoms with van der Waals surface area (Å²) in [5.74, 6) is 0.230. The second kappa shape index (κ2) is 8.67. The smallest absolute Gasteiger partial charge is 0.318 e. The number of nitrogens with two attached hydrogens (primary N) is 1. The van der Waals surface area contributed by atoms with Crippen LogP contribution in [0.5, 0.6) is 5.75 Å². The van der Waals surface area contributed by atoms with Crippen molar-refractivity contribution in [3.63, 3.8) is 0 Å². The Balaban J connectivity index is 2.09. The van der Waals surface area contributed by atoms with Gasteiger partial charge >= 0.3 is 6.03 Å². The molecular formula is C15H19N5O3S2. The number of nitrogens with zero attached hydrogens (tertiary/aromatic N) is 2. The van der Waals surface area contributed by atoms with Crippen LogP contribution >= 0.6 is 23.1 Å². The molecule has 0 aliphatic carbocycles. The molecule has 8 nitrogen and oxygen atoms in total. The fourth-order valence-electron chi connectivity index (χ4n) is 1.96. The quantitative estimate of drug-likeness (QED) is 0.631. The van der Waals surface area contributed by atoms with E-state index in [0.29, 0.717) is 15.2 Å². The zero-order valence-electron chi connectivity index (χ0n) is 14.0. The van der Waals surface area contributed by atoms with E-state index >= 15 is 0 Å². The van der Waals surface area contributed by atoms with Crippen molar-refractivity contribution in [2.45, 2.75) is 23.4 Å². The summed E-state index contributed by atoms with van der Waals surface area (Å²) in [6.07, 6.45) is 0. The number of ether oxygens (including phenoxy) is 1. The normalized spacial score (nSPS) is 11.8. The molecule has 0 fully saturated rings. The molecule has 1 aromatic carbocycles. The number of rotatable bonds is 7. The number of amides is 3. The first kappa shape index (κ1) is 19.0. The molecule has 0 aliphatic rings. The van der Waals surface area contributed by atoms with E-state index in [4.69, 9.17) is 10.5 Å². The average Bonchev–Trinajstić information content (AvgIpc) is 2.99. The molecule has 0 bridgehead atoms. The van der Waals surface area contributed by atoms with Crippen LogP contribution in [-0.4, -0.2) is 34.5 Å². The molecule has 1 heterocycles. The molecule has 2 rings (SSSR count). The van der Waals surface area contributed by atoms with Crippen LogP contribution in [0.3, 0.4) is 0 Å². The van der Waals surface area contributed by atoms with Crippen molar-refractivity contribution >= 4 is 45.9 Å². The maximum absolute atomic E-state index is 12.1. The molecule has 3 amide bonds. The fraction of sp³-hybridized carbons (Fsp3) is 0.333. The van der Waals surface area contributed by atoms with Gasteiger partial charge in [-0.25, -0.2) is 4.79 Å². The van der Waals surface area contributed by atoms with Crippen molar-refractivity contribution in [3.8, 4) is 5.75 Å². The Morgan fingerprint density at radius 3 is 2.64 bits per heavy atom. The highest BCUT2D eigenvalue weighted by atomic mass is 32.2. The minimum Gasteiger partial charge on any atom is -0.495 e. The van der Waals surface area contributed by atoms with Crippen molar-refractivity contribution in [1.29, 1.82) is 0 Å². The summed E-state index contributed by atoms with van der Waals surface area (Å²) in [6.45, 7) is 3.76. The first-order chi connectivity index (χ1) is 11.9. The third-order valence-electron chi connectivity index (χ3n) is 3.09. The van der Waals surface area contributed by atoms with Gasteiger partial charge in [-0.1, -0.05) is 49.1 Å². The highest BCUT2D eigenvalue weighted by Crippen LogP contribution is 2.34. The first-order valence-corrected chi connectivity index (χ1v) is 9.10. The Morgan fingerprint density at radius 2 is 2.00 bits per heavy atom. The maximum atomic E-state index is 12.1. The summed E-state index contributed by atoms with van der Waals surface area (Å²) < 4.78 is 5.89. The van der Waals surface area contributed by atoms with Crippen LogP contribution in [0, 0.1) is 5.92 Å². The molecule has 4 N–H and O–H groups in total. The lowest BCUT2D eigenvalue weighted by atomic mass is 10.1. The number of aromatic nitrogens is 2. The molecule has 1 atom stereocenters. The number of benzene rings is 1. The minimum atomic E-state index is -0.868. The summed E-state index contributed by atoms with van der Waals surface area (Å²) in [5.41, 5.74) is 5.78. The van der Waals surface area contributed by atoms with Crippen molar-refractivity contribution in [2.75, 3.05) is 12.4 Å². The number of hydrogen-bond donors (Lipinski definition) is 3. The number of nitrogens with one attached hydrogen (secondary N) is 2. The molecular weight excluding hydrogens is 362 g/mol. The lowest BCUT2D eigenvalue weighted by Crippen LogP contribution is -2.42. The van der Waals surface area contributed by atoms with Gasteiger partial charge in [0.25, 0.3) is 0 Å². The Hall–Kier alpha value is -2.33. The minimum absolute atomic E-state index is 0.0149. The van der Waals surface area contributed by atoms with E-state index in [1.54, 1.807) is 7.11 Å². The molecule has 0 unspecified atom stereocenters. The summed E-state index contributed by atoms with van der Waals surface area (Å²) in [6, 6.07) is 6.58. The number of hydrogen-bond acceptors (Lipinski definition) is 8. The number of carbonyl (C=O) groups excluding carboxylic acids is 2. The molecule has 2 aromatic rings. The maximum Gasteiger partial charge on any atom is 0.318 e. The third-order valence-corrected chi connectivity index (χ3v) is 5.56. The molecule has 10 heteroatoms. The zero-order chi connectivity index (χ0) is 18.4. The van der Waals surface area contributed by atoms with Crippen LogP contribution in [0.1, 0.15) is 13.8 Å². The van der Waals surface area contributed by atoms with Gasteiger partial charge in [-0.15, -0.1) is 10.2 Å². The summed E-state index contributed by atoms with van der Waals surface area (Å²) >= 11 is 2.55. The van der Waals surface area contributed by atoms with Gasteiger partial charge in [-0.2, -0.15) is 0 Å². The van der Waals surface area contributed by atoms with E-state index < -0.39 is 17.2 Å². The second-order valence-electron chi connectivity index (χ2n) is 5.33. The fourth-order valence-corrected chi connectivity index (χ4v) is 3.94. The van der Waals surface area contributed by atoms with Crippen LogP contribution in [-0.2, 0) is 4.79 Å². The van der Waals surface area contributed by atoms with Crippen molar-refractivity contribution in [2.24, 2.45) is 11.7 Å². The van der Waals surface area contributed by atoms with Gasteiger partial charge in [0.05, 0.1) is 18.0 Å². The number of anilines is 2. The number of primary amides is 1. The lowest BCUT2D eigenvalue weighted by Gasteiger charge is -2.16. The SMILES string of the molecule is COc1ccccc1Nc1nnc(S[C@H](C(=O)NC(N)=O)C(C)C)s1. The Bertz CT molecular complexity index is 750. The molecule has 25 heavy (non-hydrogen) atoms. The number of urea groups is 1. The van der Waals surface area contributed by atoms with E-state index in [9.17, 15) is 9.59 Å². The predicted octanol–water partition coefficient (Wildman–Crippen LogP) is 2.60. The third kappa shape index (κ3) is 5.33. The first-order valence-electron chi connectivity index (χ1n) is 7.41. The van der Waals surface area contributed by atoms with Crippen LogP contribution in [0.15, 0.2) is 28.6 Å². The number of imide groups is 1. The predicted molar refractivity (Wildman–Crippen MR) is 98.4 cm³/mol. The average molecular weight is 381 g/mol. The van der Waals surface area contributed by atoms with Crippen LogP contribution < -0.4 is 21.1 Å². The van der Waals surface area contributed by atoms with Gasteiger partial charge < -0.3 is 15.8 Å². The van der Waals surface area contributed by atoms with E-state index in [2.05, 4.69) is 20.8 Å². The van der Waals surface area contributed by atoms with Crippen molar-refractivity contribution < 1.29 is 14.3 Å². The Labute approximate surface area is 153 Å². The van der Waals surface area contributed by atoms with Crippen molar-refractivity contribution in [1.82, 2.24) is 15.5 Å². The molecule has 0 saturated carbocycles. The van der Waals surface area contributed by atoms with E-state index in [0.717, 1.165) is 5.69 Å². The van der Waals surface area contributed by atoms with E-state index in [1.165, 1.54) is 23.1 Å². The zero-order valence-corrected chi connectivity index (χ0v) is 15.6. The second-order valence-corrected chi connectivity index (χ2v) is 7.70. The highest BCUT2D eigenvalue weighted by Gasteiger charge is 2.26. The van der Waals surface area contributed by atoms with Crippen LogP contribution in [0.2, 0.25) is 0 Å². The number of methoxy groups -OCH3 is 1. The van der Waals surface area contributed by atoms with Crippen LogP contribution in [0.25, 0.3) is 0 Å². The summed E-state index contributed by atoms with van der Waals surface area (Å²) in [4.78, 5) is 23.0. The molecule has 0 aliphatic heterocycles. The molecule has 0 radical (unpaired) electrons. The van der Waals surface area contributed by atoms with Gasteiger partial charge in [-0.3, -0.25) is 10.1 Å². The van der Waals surface area contributed by atoms with Gasteiger partial charge in [-0.05, 0) is 18.1 Å². The van der Waals surface area contributed by atoms with E-state index in [-0.39, 0.29) is 5.92 Å². The highest BCUT2D eigenvalue weighted by molar-refractivity contribution is 8.02. The number of para-hydroxylation sites is 2. The summed E-state index contributed by atoms with van der Waals surface area (Å²) in [7, 11) is 1.59. The molecule has 0 spiro atoms. The molecule has 0 saturated heterocycles. The number of carbonyl (C=O) groups is 2. The van der Waals surface area contributed by atoms with E-state index in [1.807, 2.05) is 38.1 Å². The molecule has 134 valence electrons. The monoisotopic (exact) mass is 381 g/mol. The van der Waals surface area contributed by atoms with Gasteiger partial charge in [0.1, 0.15) is 5.75 Å². The van der Waals surface area contributed by atoms with Crippen LogP contribution in [0.4, 0.5) is 15.6 Å². The lowest BCUT2D eigenvalue weighted by molar-refractivity contribution is -0.120. The van der Waals surface area contributed by atoms with Crippen molar-refractivity contribution in [3.05, 3.63) is 24.3 Å². The topological polar surface area (TPSA) is 119 Å². The largest absolute Gasteiger partial charge is 0.495 e. The summed E-state index contributed by atoms with van der Waals surface area (Å²) in [5, 5.41) is 13.5. The van der Waals surface area contributed by atoms with Gasteiger partial charge in [0, 0.05) is 0 Å². The molecule has 1 aromatic heterocycles. The Kier molecular flexibility index (Phi) is 6.59.